The smallest absolute Gasteiger partial charge is 0.351 e. The minimum Gasteiger partial charge on any atom is -0.351 e. The van der Waals surface area contributed by atoms with Crippen molar-refractivity contribution in [1.82, 2.24) is 0 Å². The molecule has 0 spiro atoms. The van der Waals surface area contributed by atoms with Crippen molar-refractivity contribution >= 4 is 18.1 Å². The van der Waals surface area contributed by atoms with Crippen LogP contribution in [0.2, 0.25) is 0 Å². The molecule has 0 aliphatic carbocycles. The fraction of sp³-hybridized carbons (Fsp3) is 1.00. The average molecular weight is 1540 g/mol. The van der Waals surface area contributed by atoms with Gasteiger partial charge in [-0.25, -0.2) is 0 Å². The van der Waals surface area contributed by atoms with Gasteiger partial charge in [0.25, 0.3) is 0 Å². The summed E-state index contributed by atoms with van der Waals surface area (Å²) in [5.74, 6) is 0. The zero-order chi connectivity index (χ0) is 76.9. The van der Waals surface area contributed by atoms with E-state index < -0.39 is 18.1 Å². The van der Waals surface area contributed by atoms with E-state index in [0.29, 0.717) is 52.9 Å². The van der Waals surface area contributed by atoms with E-state index in [1.165, 1.54) is 462 Å². The first-order valence-electron chi connectivity index (χ1n) is 49.6. The molecule has 0 saturated heterocycles. The Labute approximate surface area is 671 Å². The fourth-order valence-electron chi connectivity index (χ4n) is 14.8. The lowest BCUT2D eigenvalue weighted by atomic mass is 10.1. The summed E-state index contributed by atoms with van der Waals surface area (Å²) in [4.78, 5) is 0. The van der Waals surface area contributed by atoms with Gasteiger partial charge in [0.05, 0.1) is 0 Å². The molecule has 0 amide bonds. The van der Waals surface area contributed by atoms with Gasteiger partial charge in [0.1, 0.15) is 0 Å². The average Bonchev–Trinajstić information content (AvgIpc) is 0.880. The van der Waals surface area contributed by atoms with Gasteiger partial charge in [0, 0.05) is 52.9 Å². The summed E-state index contributed by atoms with van der Waals surface area (Å²) in [5, 5.41) is 0. The Balaban J connectivity index is 0. The Morgan fingerprint density at radius 1 is 0.0943 bits per heavy atom. The molecule has 106 heavy (non-hydrogen) atoms. The Kier molecular flexibility index (Phi) is 99.5. The molecule has 0 heterocycles. The summed E-state index contributed by atoms with van der Waals surface area (Å²) in [6, 6.07) is 0. The number of hydrogen-bond donors (Lipinski definition) is 0. The standard InChI is InChI=1S/2C48H100O4Si/c2*1-5-9-13-17-21-25-29-33-37-41-45-49-53(50-46-42-38-34-30-26-22-18-14-10-6-2,51-47-43-39-35-31-27-23-19-15-11-7-3)52-48-44-40-36-32-28-24-20-16-12-8-4/h2*5-48H2,1-4H3. The van der Waals surface area contributed by atoms with Crippen LogP contribution in [0.15, 0.2) is 0 Å². The van der Waals surface area contributed by atoms with Gasteiger partial charge in [-0.1, -0.05) is 518 Å². The zero-order valence-corrected chi connectivity index (χ0v) is 76.5. The number of unbranched alkanes of at least 4 members (excludes halogenated alkanes) is 72. The van der Waals surface area contributed by atoms with Crippen LogP contribution in [-0.2, 0) is 35.4 Å². The molecule has 10 heteroatoms. The van der Waals surface area contributed by atoms with Crippen LogP contribution in [-0.4, -0.2) is 71.0 Å². The van der Waals surface area contributed by atoms with E-state index in [9.17, 15) is 0 Å². The van der Waals surface area contributed by atoms with Gasteiger partial charge in [0.2, 0.25) is 0 Å². The van der Waals surface area contributed by atoms with Crippen LogP contribution in [0.3, 0.4) is 0 Å². The second kappa shape index (κ2) is 97.5. The molecule has 8 nitrogen and oxygen atoms in total. The molecule has 0 N–H and O–H groups in total. The largest absolute Gasteiger partial charge is 0.679 e. The maximum atomic E-state index is 6.65. The molecule has 0 aromatic rings. The highest BCUT2D eigenvalue weighted by Gasteiger charge is 2.46. The van der Waals surface area contributed by atoms with E-state index in [1.807, 2.05) is 0 Å². The summed E-state index contributed by atoms with van der Waals surface area (Å²) in [6.07, 6.45) is 106. The molecule has 0 bridgehead atoms. The molecule has 0 saturated carbocycles. The first-order valence-corrected chi connectivity index (χ1v) is 52.9. The Morgan fingerprint density at radius 3 is 0.236 bits per heavy atom. The monoisotopic (exact) mass is 1540 g/mol. The quantitative estimate of drug-likeness (QED) is 0.0441. The maximum absolute atomic E-state index is 6.65. The van der Waals surface area contributed by atoms with E-state index in [4.69, 9.17) is 35.4 Å². The number of hydrogen-bond acceptors (Lipinski definition) is 8. The lowest BCUT2D eigenvalue weighted by Gasteiger charge is -2.28. The predicted octanol–water partition coefficient (Wildman–Crippen LogP) is 34.3. The van der Waals surface area contributed by atoms with E-state index in [-0.39, 0.29) is 0 Å². The second-order valence-electron chi connectivity index (χ2n) is 33.2. The highest BCUT2D eigenvalue weighted by molar-refractivity contribution is 6.53. The maximum Gasteiger partial charge on any atom is 0.679 e. The molecule has 0 atom stereocenters. The highest BCUT2D eigenvalue weighted by atomic mass is 28.4. The summed E-state index contributed by atoms with van der Waals surface area (Å²) in [5.41, 5.74) is 0. The lowest BCUT2D eigenvalue weighted by molar-refractivity contribution is -0.0383. The summed E-state index contributed by atoms with van der Waals surface area (Å²) < 4.78 is 53.2. The SMILES string of the molecule is CCCCCCCCCCCCO[Si](OCCCCCCCCCCCC)(OCCCCCCCCCCCC)OCCCCCCCCCCCC.CCCCCCCCCCCCO[Si](OCCCCCCCCCCCC)(OCCCCCCCCCCCC)OCCCCCCCCCCCC. The van der Waals surface area contributed by atoms with Crippen molar-refractivity contribution in [2.75, 3.05) is 52.9 Å². The van der Waals surface area contributed by atoms with Crippen LogP contribution in [0.5, 0.6) is 0 Å². The van der Waals surface area contributed by atoms with E-state index in [2.05, 4.69) is 55.4 Å². The van der Waals surface area contributed by atoms with Gasteiger partial charge in [-0.3, -0.25) is 0 Å². The molecular formula is C96H200O8Si2. The molecule has 640 valence electrons. The topological polar surface area (TPSA) is 73.8 Å². The molecular weight excluding hydrogens is 1340 g/mol. The third kappa shape index (κ3) is 88.1. The third-order valence-corrected chi connectivity index (χ3v) is 26.7. The summed E-state index contributed by atoms with van der Waals surface area (Å²) in [7, 11) is -6.34. The fourth-order valence-corrected chi connectivity index (χ4v) is 18.9. The van der Waals surface area contributed by atoms with Crippen LogP contribution in [0.1, 0.15) is 569 Å². The van der Waals surface area contributed by atoms with Crippen molar-refractivity contribution in [3.05, 3.63) is 0 Å². The van der Waals surface area contributed by atoms with Crippen LogP contribution in [0.25, 0.3) is 0 Å². The highest BCUT2D eigenvalue weighted by Crippen LogP contribution is 2.24. The van der Waals surface area contributed by atoms with Gasteiger partial charge < -0.3 is 35.4 Å². The van der Waals surface area contributed by atoms with Gasteiger partial charge in [-0.2, -0.15) is 0 Å². The van der Waals surface area contributed by atoms with Crippen LogP contribution in [0, 0.1) is 0 Å². The Bertz CT molecular complexity index is 1180. The van der Waals surface area contributed by atoms with Gasteiger partial charge >= 0.3 is 18.1 Å². The molecule has 0 aromatic carbocycles. The predicted molar refractivity (Wildman–Crippen MR) is 474 cm³/mol. The van der Waals surface area contributed by atoms with Crippen molar-refractivity contribution in [3.8, 4) is 0 Å². The zero-order valence-electron chi connectivity index (χ0n) is 74.5. The summed E-state index contributed by atoms with van der Waals surface area (Å²) >= 11 is 0. The Morgan fingerprint density at radius 2 is 0.160 bits per heavy atom. The van der Waals surface area contributed by atoms with Crippen LogP contribution >= 0.6 is 0 Å². The van der Waals surface area contributed by atoms with Crippen molar-refractivity contribution < 1.29 is 35.4 Å². The van der Waals surface area contributed by atoms with Gasteiger partial charge in [0.15, 0.2) is 0 Å². The second-order valence-corrected chi connectivity index (χ2v) is 37.6. The van der Waals surface area contributed by atoms with Gasteiger partial charge in [-0.15, -0.1) is 0 Å². The van der Waals surface area contributed by atoms with Crippen LogP contribution in [0.4, 0.5) is 0 Å². The summed E-state index contributed by atoms with van der Waals surface area (Å²) in [6.45, 7) is 24.0. The minimum absolute atomic E-state index is 0.705. The third-order valence-electron chi connectivity index (χ3n) is 22.2. The normalized spacial score (nSPS) is 12.0. The molecule has 0 fully saturated rings. The minimum atomic E-state index is -3.17. The first kappa shape index (κ1) is 108. The van der Waals surface area contributed by atoms with E-state index in [1.54, 1.807) is 0 Å². The van der Waals surface area contributed by atoms with Crippen molar-refractivity contribution in [3.63, 3.8) is 0 Å². The molecule has 0 aromatic heterocycles. The molecule has 0 radical (unpaired) electrons. The van der Waals surface area contributed by atoms with Gasteiger partial charge in [-0.05, 0) is 51.4 Å². The van der Waals surface area contributed by atoms with Crippen molar-refractivity contribution in [1.29, 1.82) is 0 Å². The van der Waals surface area contributed by atoms with E-state index >= 15 is 0 Å². The molecule has 0 rings (SSSR count). The molecule has 0 unspecified atom stereocenters. The first-order chi connectivity index (χ1) is 52.5. The number of rotatable bonds is 96. The van der Waals surface area contributed by atoms with Crippen LogP contribution < -0.4 is 0 Å². The van der Waals surface area contributed by atoms with E-state index in [0.717, 1.165) is 51.4 Å². The van der Waals surface area contributed by atoms with Crippen molar-refractivity contribution in [2.24, 2.45) is 0 Å². The Hall–Kier alpha value is 0.114. The lowest BCUT2D eigenvalue weighted by Crippen LogP contribution is -2.50. The molecule has 0 aliphatic rings. The van der Waals surface area contributed by atoms with Crippen molar-refractivity contribution in [2.45, 2.75) is 569 Å². The molecule has 0 aliphatic heterocycles.